The Bertz CT molecular complexity index is 784. The molecule has 0 spiro atoms. The monoisotopic (exact) mass is 298 g/mol. The normalized spacial score (nSPS) is 10.6. The second-order valence-electron chi connectivity index (χ2n) is 4.94. The van der Waals surface area contributed by atoms with E-state index >= 15 is 0 Å². The van der Waals surface area contributed by atoms with E-state index in [0.29, 0.717) is 5.02 Å². The molecule has 3 rings (SSSR count). The highest BCUT2D eigenvalue weighted by Gasteiger charge is 2.16. The minimum atomic E-state index is -0.267. The maximum absolute atomic E-state index is 13.5. The van der Waals surface area contributed by atoms with Gasteiger partial charge in [0.25, 0.3) is 0 Å². The summed E-state index contributed by atoms with van der Waals surface area (Å²) in [5.41, 5.74) is 3.56. The molecule has 0 fully saturated rings. The number of aryl methyl sites for hydroxylation is 1. The first kappa shape index (κ1) is 13.8. The lowest BCUT2D eigenvalue weighted by molar-refractivity contribution is -0.670. The predicted molar refractivity (Wildman–Crippen MR) is 83.5 cm³/mol. The van der Waals surface area contributed by atoms with Crippen molar-refractivity contribution in [1.82, 2.24) is 0 Å². The molecule has 0 aliphatic heterocycles. The number of hydrogen-bond acceptors (Lipinski definition) is 0. The predicted octanol–water partition coefficient (Wildman–Crippen LogP) is 4.64. The second-order valence-corrected chi connectivity index (χ2v) is 5.32. The molecule has 2 aromatic carbocycles. The summed E-state index contributed by atoms with van der Waals surface area (Å²) in [5.74, 6) is -0.267. The van der Waals surface area contributed by atoms with Gasteiger partial charge in [-0.2, -0.15) is 0 Å². The van der Waals surface area contributed by atoms with Crippen molar-refractivity contribution in [3.8, 4) is 22.3 Å². The van der Waals surface area contributed by atoms with Crippen LogP contribution in [0.15, 0.2) is 67.0 Å². The Balaban J connectivity index is 2.22. The van der Waals surface area contributed by atoms with Crippen LogP contribution in [-0.4, -0.2) is 0 Å². The molecule has 104 valence electrons. The van der Waals surface area contributed by atoms with Crippen LogP contribution >= 0.6 is 11.6 Å². The molecule has 1 heterocycles. The topological polar surface area (TPSA) is 3.88 Å². The lowest BCUT2D eigenvalue weighted by Gasteiger charge is -2.08. The molecule has 21 heavy (non-hydrogen) atoms. The molecular formula is C18H14ClFN+. The van der Waals surface area contributed by atoms with Gasteiger partial charge in [0, 0.05) is 0 Å². The highest BCUT2D eigenvalue weighted by atomic mass is 35.5. The summed E-state index contributed by atoms with van der Waals surface area (Å²) >= 11 is 6.57. The van der Waals surface area contributed by atoms with Crippen LogP contribution in [-0.2, 0) is 7.05 Å². The SMILES string of the molecule is C[n+]1cc(-c2ccccc2)c(Cl)c(-c2cccc(F)c2)c1. The van der Waals surface area contributed by atoms with Gasteiger partial charge in [-0.3, -0.25) is 0 Å². The largest absolute Gasteiger partial charge is 0.207 e. The zero-order valence-electron chi connectivity index (χ0n) is 11.6. The van der Waals surface area contributed by atoms with Gasteiger partial charge in [0.1, 0.15) is 12.9 Å². The van der Waals surface area contributed by atoms with Crippen LogP contribution in [0.2, 0.25) is 5.02 Å². The van der Waals surface area contributed by atoms with Gasteiger partial charge in [-0.1, -0.05) is 54.1 Å². The van der Waals surface area contributed by atoms with Crippen molar-refractivity contribution >= 4 is 11.6 Å². The summed E-state index contributed by atoms with van der Waals surface area (Å²) in [6.45, 7) is 0. The fourth-order valence-electron chi connectivity index (χ4n) is 2.38. The van der Waals surface area contributed by atoms with Gasteiger partial charge in [0.2, 0.25) is 0 Å². The van der Waals surface area contributed by atoms with E-state index in [9.17, 15) is 4.39 Å². The molecule has 0 unspecified atom stereocenters. The Hall–Kier alpha value is -2.19. The lowest BCUT2D eigenvalue weighted by Crippen LogP contribution is -2.27. The van der Waals surface area contributed by atoms with Gasteiger partial charge >= 0.3 is 0 Å². The maximum atomic E-state index is 13.5. The summed E-state index contributed by atoms with van der Waals surface area (Å²) in [7, 11) is 1.94. The number of hydrogen-bond donors (Lipinski definition) is 0. The fraction of sp³-hybridized carbons (Fsp3) is 0.0556. The molecule has 0 amide bonds. The molecule has 1 aromatic heterocycles. The number of benzene rings is 2. The maximum Gasteiger partial charge on any atom is 0.177 e. The number of halogens is 2. The summed E-state index contributed by atoms with van der Waals surface area (Å²) in [6.07, 6.45) is 3.88. The van der Waals surface area contributed by atoms with E-state index in [4.69, 9.17) is 11.6 Å². The highest BCUT2D eigenvalue weighted by molar-refractivity contribution is 6.35. The van der Waals surface area contributed by atoms with Crippen molar-refractivity contribution in [1.29, 1.82) is 0 Å². The quantitative estimate of drug-likeness (QED) is 0.607. The van der Waals surface area contributed by atoms with E-state index in [1.54, 1.807) is 6.07 Å². The minimum absolute atomic E-state index is 0.267. The Morgan fingerprint density at radius 3 is 2.14 bits per heavy atom. The van der Waals surface area contributed by atoms with Crippen LogP contribution in [0.25, 0.3) is 22.3 Å². The van der Waals surface area contributed by atoms with Crippen molar-refractivity contribution in [2.45, 2.75) is 0 Å². The smallest absolute Gasteiger partial charge is 0.177 e. The first-order valence-electron chi connectivity index (χ1n) is 6.65. The Kier molecular flexibility index (Phi) is 3.72. The van der Waals surface area contributed by atoms with Crippen molar-refractivity contribution < 1.29 is 8.96 Å². The molecule has 0 saturated carbocycles. The Labute approximate surface area is 128 Å². The molecule has 0 saturated heterocycles. The lowest BCUT2D eigenvalue weighted by atomic mass is 10.0. The van der Waals surface area contributed by atoms with Gasteiger partial charge in [-0.05, 0) is 23.3 Å². The van der Waals surface area contributed by atoms with Crippen LogP contribution < -0.4 is 4.57 Å². The van der Waals surface area contributed by atoms with E-state index < -0.39 is 0 Å². The van der Waals surface area contributed by atoms with E-state index in [0.717, 1.165) is 22.3 Å². The third-order valence-electron chi connectivity index (χ3n) is 3.36. The van der Waals surface area contributed by atoms with Gasteiger partial charge < -0.3 is 0 Å². The van der Waals surface area contributed by atoms with Crippen LogP contribution in [0.1, 0.15) is 0 Å². The van der Waals surface area contributed by atoms with Crippen molar-refractivity contribution in [3.63, 3.8) is 0 Å². The molecule has 0 atom stereocenters. The molecule has 0 aliphatic carbocycles. The number of aromatic nitrogens is 1. The molecule has 3 aromatic rings. The average Bonchev–Trinajstić information content (AvgIpc) is 2.50. The fourth-order valence-corrected chi connectivity index (χ4v) is 2.70. The van der Waals surface area contributed by atoms with Gasteiger partial charge in [-0.15, -0.1) is 0 Å². The second kappa shape index (κ2) is 5.66. The Morgan fingerprint density at radius 2 is 1.48 bits per heavy atom. The van der Waals surface area contributed by atoms with E-state index in [1.807, 2.05) is 60.4 Å². The van der Waals surface area contributed by atoms with Crippen LogP contribution in [0, 0.1) is 5.82 Å². The first-order valence-corrected chi connectivity index (χ1v) is 7.03. The Morgan fingerprint density at radius 1 is 0.857 bits per heavy atom. The molecular weight excluding hydrogens is 285 g/mol. The van der Waals surface area contributed by atoms with Gasteiger partial charge in [-0.25, -0.2) is 8.96 Å². The average molecular weight is 299 g/mol. The minimum Gasteiger partial charge on any atom is -0.207 e. The zero-order chi connectivity index (χ0) is 14.8. The number of pyridine rings is 1. The highest BCUT2D eigenvalue weighted by Crippen LogP contribution is 2.34. The van der Waals surface area contributed by atoms with Crippen molar-refractivity contribution in [2.24, 2.45) is 7.05 Å². The third-order valence-corrected chi connectivity index (χ3v) is 3.77. The summed E-state index contributed by atoms with van der Waals surface area (Å²) < 4.78 is 15.4. The van der Waals surface area contributed by atoms with Crippen molar-refractivity contribution in [3.05, 3.63) is 77.8 Å². The summed E-state index contributed by atoms with van der Waals surface area (Å²) in [6, 6.07) is 16.4. The molecule has 0 aliphatic rings. The number of rotatable bonds is 2. The van der Waals surface area contributed by atoms with E-state index in [-0.39, 0.29) is 5.82 Å². The van der Waals surface area contributed by atoms with Crippen LogP contribution in [0.4, 0.5) is 4.39 Å². The van der Waals surface area contributed by atoms with Gasteiger partial charge in [0.05, 0.1) is 16.1 Å². The number of nitrogens with zero attached hydrogens (tertiary/aromatic N) is 1. The summed E-state index contributed by atoms with van der Waals surface area (Å²) in [5, 5.41) is 0.630. The van der Waals surface area contributed by atoms with Crippen molar-refractivity contribution in [2.75, 3.05) is 0 Å². The van der Waals surface area contributed by atoms with Crippen LogP contribution in [0.5, 0.6) is 0 Å². The third kappa shape index (κ3) is 2.81. The standard InChI is InChI=1S/C18H14ClFN/c1-21-11-16(13-6-3-2-4-7-13)18(19)17(12-21)14-8-5-9-15(20)10-14/h2-12H,1H3/q+1. The molecule has 0 bridgehead atoms. The molecule has 0 N–H and O–H groups in total. The van der Waals surface area contributed by atoms with E-state index in [1.165, 1.54) is 12.1 Å². The first-order chi connectivity index (χ1) is 10.1. The van der Waals surface area contributed by atoms with Crippen LogP contribution in [0.3, 0.4) is 0 Å². The zero-order valence-corrected chi connectivity index (χ0v) is 12.3. The summed E-state index contributed by atoms with van der Waals surface area (Å²) in [4.78, 5) is 0. The molecule has 0 radical (unpaired) electrons. The van der Waals surface area contributed by atoms with E-state index in [2.05, 4.69) is 0 Å². The molecule has 1 nitrogen and oxygen atoms in total. The molecule has 3 heteroatoms. The van der Waals surface area contributed by atoms with Gasteiger partial charge in [0.15, 0.2) is 12.4 Å².